The molecule has 1 aromatic heterocycles. The first kappa shape index (κ1) is 12.6. The minimum Gasteiger partial charge on any atom is -0.354 e. The number of hydrogen-bond acceptors (Lipinski definition) is 4. The van der Waals surface area contributed by atoms with Crippen molar-refractivity contribution in [3.63, 3.8) is 0 Å². The summed E-state index contributed by atoms with van der Waals surface area (Å²) < 4.78 is 4.11. The topological polar surface area (TPSA) is 37.8 Å². The average Bonchev–Trinajstić information content (AvgIpc) is 2.63. The van der Waals surface area contributed by atoms with Crippen molar-refractivity contribution < 1.29 is 0 Å². The highest BCUT2D eigenvalue weighted by molar-refractivity contribution is 7.09. The fourth-order valence-electron chi connectivity index (χ4n) is 1.47. The summed E-state index contributed by atoms with van der Waals surface area (Å²) in [6.07, 6.45) is 0. The van der Waals surface area contributed by atoms with Gasteiger partial charge in [0.2, 0.25) is 5.13 Å². The van der Waals surface area contributed by atoms with E-state index in [1.54, 1.807) is 6.07 Å². The number of hydrogen-bond donors (Lipinski definition) is 1. The molecule has 1 atom stereocenters. The first-order valence-electron chi connectivity index (χ1n) is 5.08. The number of nitrogens with zero attached hydrogens (tertiary/aromatic N) is 2. The Bertz CT molecular complexity index is 527. The fraction of sp³-hybridized carbons (Fsp3) is 0.273. The summed E-state index contributed by atoms with van der Waals surface area (Å²) in [6, 6.07) is 5.54. The zero-order chi connectivity index (χ0) is 12.4. The van der Waals surface area contributed by atoms with E-state index in [9.17, 15) is 0 Å². The van der Waals surface area contributed by atoms with E-state index in [2.05, 4.69) is 14.7 Å². The number of aromatic nitrogens is 2. The van der Waals surface area contributed by atoms with Crippen LogP contribution in [0.2, 0.25) is 10.0 Å². The summed E-state index contributed by atoms with van der Waals surface area (Å²) in [4.78, 5) is 4.25. The number of benzene rings is 1. The van der Waals surface area contributed by atoms with Crippen molar-refractivity contribution in [2.24, 2.45) is 0 Å². The van der Waals surface area contributed by atoms with E-state index in [0.717, 1.165) is 16.5 Å². The normalized spacial score (nSPS) is 12.5. The second kappa shape index (κ2) is 5.21. The van der Waals surface area contributed by atoms with E-state index in [0.29, 0.717) is 10.0 Å². The Morgan fingerprint density at radius 3 is 2.71 bits per heavy atom. The summed E-state index contributed by atoms with van der Waals surface area (Å²) in [5.74, 6) is 0.770. The maximum absolute atomic E-state index is 6.14. The molecular weight excluding hydrogens is 277 g/mol. The fourth-order valence-corrected chi connectivity index (χ4v) is 2.71. The van der Waals surface area contributed by atoms with Gasteiger partial charge in [-0.3, -0.25) is 0 Å². The lowest BCUT2D eigenvalue weighted by Gasteiger charge is -2.14. The van der Waals surface area contributed by atoms with E-state index < -0.39 is 0 Å². The van der Waals surface area contributed by atoms with Crippen LogP contribution in [0.15, 0.2) is 18.2 Å². The van der Waals surface area contributed by atoms with Crippen LogP contribution in [0.3, 0.4) is 0 Å². The number of anilines is 1. The second-order valence-corrected chi connectivity index (χ2v) is 5.27. The van der Waals surface area contributed by atoms with Crippen LogP contribution < -0.4 is 5.32 Å². The number of nitrogens with one attached hydrogen (secondary N) is 1. The summed E-state index contributed by atoms with van der Waals surface area (Å²) >= 11 is 13.3. The lowest BCUT2D eigenvalue weighted by atomic mass is 10.1. The molecule has 3 nitrogen and oxygen atoms in total. The highest BCUT2D eigenvalue weighted by Crippen LogP contribution is 2.28. The first-order valence-corrected chi connectivity index (χ1v) is 6.61. The van der Waals surface area contributed by atoms with Gasteiger partial charge < -0.3 is 5.32 Å². The zero-order valence-corrected chi connectivity index (χ0v) is 11.7. The van der Waals surface area contributed by atoms with Crippen LogP contribution in [0.1, 0.15) is 24.4 Å². The third-order valence-corrected chi connectivity index (χ3v) is 3.60. The first-order chi connectivity index (χ1) is 8.06. The van der Waals surface area contributed by atoms with Gasteiger partial charge in [-0.2, -0.15) is 4.37 Å². The molecule has 1 aromatic carbocycles. The van der Waals surface area contributed by atoms with Gasteiger partial charge in [0, 0.05) is 21.6 Å². The van der Waals surface area contributed by atoms with E-state index in [1.807, 2.05) is 26.0 Å². The Balaban J connectivity index is 2.17. The lowest BCUT2D eigenvalue weighted by molar-refractivity contribution is 0.880. The smallest absolute Gasteiger partial charge is 0.203 e. The molecule has 1 N–H and O–H groups in total. The molecule has 1 heterocycles. The van der Waals surface area contributed by atoms with Crippen molar-refractivity contribution >= 4 is 39.9 Å². The van der Waals surface area contributed by atoms with Gasteiger partial charge in [-0.05, 0) is 31.5 Å². The van der Waals surface area contributed by atoms with Crippen molar-refractivity contribution in [2.75, 3.05) is 5.32 Å². The van der Waals surface area contributed by atoms with Gasteiger partial charge in [-0.1, -0.05) is 29.3 Å². The largest absolute Gasteiger partial charge is 0.354 e. The Hall–Kier alpha value is -0.840. The Morgan fingerprint density at radius 1 is 1.35 bits per heavy atom. The van der Waals surface area contributed by atoms with Gasteiger partial charge >= 0.3 is 0 Å². The molecule has 2 rings (SSSR count). The Morgan fingerprint density at radius 2 is 2.12 bits per heavy atom. The van der Waals surface area contributed by atoms with Crippen LogP contribution in [0.25, 0.3) is 0 Å². The van der Waals surface area contributed by atoms with Crippen LogP contribution in [0, 0.1) is 6.92 Å². The maximum atomic E-state index is 6.14. The summed E-state index contributed by atoms with van der Waals surface area (Å²) in [5, 5.41) is 5.34. The molecule has 0 bridgehead atoms. The van der Waals surface area contributed by atoms with E-state index in [4.69, 9.17) is 23.2 Å². The zero-order valence-electron chi connectivity index (χ0n) is 9.37. The Labute approximate surface area is 114 Å². The van der Waals surface area contributed by atoms with Gasteiger partial charge in [-0.15, -0.1) is 0 Å². The number of halogens is 2. The molecule has 0 saturated heterocycles. The third kappa shape index (κ3) is 3.09. The van der Waals surface area contributed by atoms with Crippen LogP contribution >= 0.6 is 34.7 Å². The standard InChI is InChI=1S/C11H11Cl2N3S/c1-6(14-11-15-7(2)16-17-11)9-4-3-8(12)5-10(9)13/h3-6H,1-2H3,(H,14,15,16)/t6-/m0/s1. The SMILES string of the molecule is Cc1nsc(N[C@@H](C)c2ccc(Cl)cc2Cl)n1. The maximum Gasteiger partial charge on any atom is 0.203 e. The number of aryl methyl sites for hydroxylation is 1. The summed E-state index contributed by atoms with van der Waals surface area (Å²) in [7, 11) is 0. The molecule has 0 aliphatic carbocycles. The van der Waals surface area contributed by atoms with E-state index in [-0.39, 0.29) is 6.04 Å². The van der Waals surface area contributed by atoms with Crippen LogP contribution in [0.4, 0.5) is 5.13 Å². The molecule has 0 unspecified atom stereocenters. The van der Waals surface area contributed by atoms with Gasteiger partial charge in [0.25, 0.3) is 0 Å². The molecule has 2 aromatic rings. The predicted octanol–water partition coefficient (Wildman–Crippen LogP) is 4.33. The molecule has 0 spiro atoms. The van der Waals surface area contributed by atoms with Crippen LogP contribution in [0.5, 0.6) is 0 Å². The van der Waals surface area contributed by atoms with Crippen molar-refractivity contribution in [2.45, 2.75) is 19.9 Å². The monoisotopic (exact) mass is 287 g/mol. The van der Waals surface area contributed by atoms with Gasteiger partial charge in [0.15, 0.2) is 0 Å². The van der Waals surface area contributed by atoms with Gasteiger partial charge in [0.1, 0.15) is 5.82 Å². The van der Waals surface area contributed by atoms with Crippen LogP contribution in [-0.2, 0) is 0 Å². The molecule has 0 aliphatic heterocycles. The molecule has 0 saturated carbocycles. The van der Waals surface area contributed by atoms with Crippen molar-refractivity contribution in [1.82, 2.24) is 9.36 Å². The average molecular weight is 288 g/mol. The highest BCUT2D eigenvalue weighted by Gasteiger charge is 2.11. The lowest BCUT2D eigenvalue weighted by Crippen LogP contribution is -2.06. The van der Waals surface area contributed by atoms with Crippen molar-refractivity contribution in [1.29, 1.82) is 0 Å². The van der Waals surface area contributed by atoms with Gasteiger partial charge in [-0.25, -0.2) is 4.98 Å². The second-order valence-electron chi connectivity index (χ2n) is 3.68. The van der Waals surface area contributed by atoms with Crippen molar-refractivity contribution in [3.05, 3.63) is 39.6 Å². The molecule has 90 valence electrons. The third-order valence-electron chi connectivity index (χ3n) is 2.30. The van der Waals surface area contributed by atoms with E-state index >= 15 is 0 Å². The Kier molecular flexibility index (Phi) is 3.86. The van der Waals surface area contributed by atoms with Crippen LogP contribution in [-0.4, -0.2) is 9.36 Å². The highest BCUT2D eigenvalue weighted by atomic mass is 35.5. The van der Waals surface area contributed by atoms with Crippen molar-refractivity contribution in [3.8, 4) is 0 Å². The molecule has 0 aliphatic rings. The predicted molar refractivity (Wildman–Crippen MR) is 73.1 cm³/mol. The minimum absolute atomic E-state index is 0.0621. The molecule has 17 heavy (non-hydrogen) atoms. The quantitative estimate of drug-likeness (QED) is 0.913. The summed E-state index contributed by atoms with van der Waals surface area (Å²) in [6.45, 7) is 3.88. The minimum atomic E-state index is 0.0621. The molecule has 0 fully saturated rings. The summed E-state index contributed by atoms with van der Waals surface area (Å²) in [5.41, 5.74) is 0.990. The van der Waals surface area contributed by atoms with Gasteiger partial charge in [0.05, 0.1) is 6.04 Å². The number of rotatable bonds is 3. The molecule has 0 amide bonds. The molecular formula is C11H11Cl2N3S. The molecule has 6 heteroatoms. The van der Waals surface area contributed by atoms with E-state index in [1.165, 1.54) is 11.5 Å². The molecule has 0 radical (unpaired) electrons.